The number of aryl methyl sites for hydroxylation is 1. The summed E-state index contributed by atoms with van der Waals surface area (Å²) < 4.78 is 1.81. The summed E-state index contributed by atoms with van der Waals surface area (Å²) in [6.45, 7) is 2.04. The largest absolute Gasteiger partial charge is 0.354 e. The van der Waals surface area contributed by atoms with E-state index in [1.807, 2.05) is 35.6 Å². The number of nitrogens with one attached hydrogen (secondary N) is 1. The van der Waals surface area contributed by atoms with Gasteiger partial charge in [0.15, 0.2) is 5.65 Å². The lowest BCUT2D eigenvalue weighted by molar-refractivity contribution is 0.0959. The molecular weight excluding hydrogens is 252 g/mol. The summed E-state index contributed by atoms with van der Waals surface area (Å²) in [5.41, 5.74) is 4.00. The molecule has 100 valence electrons. The van der Waals surface area contributed by atoms with Gasteiger partial charge in [0.1, 0.15) is 11.4 Å². The Labute approximate surface area is 116 Å². The Morgan fingerprint density at radius 2 is 2.00 bits per heavy atom. The Balaban J connectivity index is 2.18. The average Bonchev–Trinajstić information content (AvgIpc) is 2.91. The molecule has 5 nitrogen and oxygen atoms in total. The Morgan fingerprint density at radius 3 is 2.70 bits per heavy atom. The summed E-state index contributed by atoms with van der Waals surface area (Å²) in [7, 11) is 1.59. The summed E-state index contributed by atoms with van der Waals surface area (Å²) >= 11 is 0. The van der Waals surface area contributed by atoms with Gasteiger partial charge < -0.3 is 9.72 Å². The van der Waals surface area contributed by atoms with Crippen LogP contribution in [0.4, 0.5) is 0 Å². The van der Waals surface area contributed by atoms with Gasteiger partial charge in [-0.2, -0.15) is 0 Å². The zero-order valence-electron chi connectivity index (χ0n) is 11.3. The van der Waals surface area contributed by atoms with E-state index in [1.165, 1.54) is 5.56 Å². The van der Waals surface area contributed by atoms with E-state index in [-0.39, 0.29) is 5.91 Å². The van der Waals surface area contributed by atoms with Crippen molar-refractivity contribution in [1.82, 2.24) is 19.7 Å². The second-order valence-corrected chi connectivity index (χ2v) is 4.58. The van der Waals surface area contributed by atoms with Gasteiger partial charge in [-0.15, -0.1) is 0 Å². The maximum absolute atomic E-state index is 11.7. The van der Waals surface area contributed by atoms with Crippen molar-refractivity contribution in [3.63, 3.8) is 0 Å². The molecule has 0 bridgehead atoms. The Kier molecular flexibility index (Phi) is 2.95. The molecule has 0 aliphatic rings. The molecule has 1 amide bonds. The first-order chi connectivity index (χ1) is 9.69. The van der Waals surface area contributed by atoms with Gasteiger partial charge in [-0.1, -0.05) is 29.8 Å². The smallest absolute Gasteiger partial charge is 0.271 e. The Bertz CT molecular complexity index is 774. The predicted molar refractivity (Wildman–Crippen MR) is 76.6 cm³/mol. The van der Waals surface area contributed by atoms with Gasteiger partial charge in [0.05, 0.1) is 0 Å². The molecule has 2 heterocycles. The maximum Gasteiger partial charge on any atom is 0.271 e. The van der Waals surface area contributed by atoms with Crippen molar-refractivity contribution in [1.29, 1.82) is 0 Å². The molecular formula is C15H14N4O. The minimum Gasteiger partial charge on any atom is -0.354 e. The van der Waals surface area contributed by atoms with Crippen LogP contribution in [0.1, 0.15) is 16.1 Å². The number of nitrogens with zero attached hydrogens (tertiary/aromatic N) is 3. The van der Waals surface area contributed by atoms with Gasteiger partial charge in [0.25, 0.3) is 5.91 Å². The number of hydrogen-bond acceptors (Lipinski definition) is 3. The average molecular weight is 266 g/mol. The third-order valence-corrected chi connectivity index (χ3v) is 3.16. The zero-order valence-corrected chi connectivity index (χ0v) is 11.3. The number of hydrogen-bond donors (Lipinski definition) is 1. The summed E-state index contributed by atoms with van der Waals surface area (Å²) in [6.07, 6.45) is 5.19. The normalized spacial score (nSPS) is 10.7. The standard InChI is InChI=1S/C15H14N4O/c1-10-3-5-11(6-4-10)13-14-18-12(15(20)16-2)9-19(14)8-7-17-13/h3-9H,1-2H3,(H,16,20). The second kappa shape index (κ2) is 4.77. The van der Waals surface area contributed by atoms with Gasteiger partial charge in [0.2, 0.25) is 0 Å². The molecule has 0 fully saturated rings. The molecule has 0 unspecified atom stereocenters. The maximum atomic E-state index is 11.7. The topological polar surface area (TPSA) is 59.3 Å². The lowest BCUT2D eigenvalue weighted by Crippen LogP contribution is -2.17. The molecule has 0 saturated heterocycles. The van der Waals surface area contributed by atoms with Crippen LogP contribution in [-0.2, 0) is 0 Å². The highest BCUT2D eigenvalue weighted by Gasteiger charge is 2.13. The van der Waals surface area contributed by atoms with Crippen molar-refractivity contribution >= 4 is 11.6 Å². The van der Waals surface area contributed by atoms with Crippen molar-refractivity contribution in [2.24, 2.45) is 0 Å². The van der Waals surface area contributed by atoms with Crippen molar-refractivity contribution in [2.45, 2.75) is 6.92 Å². The van der Waals surface area contributed by atoms with E-state index in [0.717, 1.165) is 11.3 Å². The van der Waals surface area contributed by atoms with Gasteiger partial charge in [-0.05, 0) is 6.92 Å². The van der Waals surface area contributed by atoms with E-state index >= 15 is 0 Å². The monoisotopic (exact) mass is 266 g/mol. The fourth-order valence-electron chi connectivity index (χ4n) is 2.07. The van der Waals surface area contributed by atoms with Crippen molar-refractivity contribution < 1.29 is 4.79 Å². The molecule has 0 aliphatic heterocycles. The van der Waals surface area contributed by atoms with Crippen LogP contribution in [-0.4, -0.2) is 27.3 Å². The second-order valence-electron chi connectivity index (χ2n) is 4.58. The van der Waals surface area contributed by atoms with Crippen LogP contribution in [0.3, 0.4) is 0 Å². The first kappa shape index (κ1) is 12.3. The van der Waals surface area contributed by atoms with Crippen molar-refractivity contribution in [3.05, 3.63) is 54.1 Å². The van der Waals surface area contributed by atoms with E-state index < -0.39 is 0 Å². The first-order valence-corrected chi connectivity index (χ1v) is 6.32. The van der Waals surface area contributed by atoms with Crippen LogP contribution in [0, 0.1) is 6.92 Å². The molecule has 0 saturated carbocycles. The molecule has 0 atom stereocenters. The molecule has 5 heteroatoms. The number of imidazole rings is 1. The Morgan fingerprint density at radius 1 is 1.25 bits per heavy atom. The van der Waals surface area contributed by atoms with E-state index in [2.05, 4.69) is 15.3 Å². The highest BCUT2D eigenvalue weighted by Crippen LogP contribution is 2.22. The number of carbonyl (C=O) groups excluding carboxylic acids is 1. The SMILES string of the molecule is CNC(=O)c1cn2ccnc(-c3ccc(C)cc3)c2n1. The fraction of sp³-hybridized carbons (Fsp3) is 0.133. The molecule has 0 aliphatic carbocycles. The molecule has 3 aromatic rings. The molecule has 20 heavy (non-hydrogen) atoms. The van der Waals surface area contributed by atoms with E-state index in [4.69, 9.17) is 0 Å². The predicted octanol–water partition coefficient (Wildman–Crippen LogP) is 2.06. The minimum absolute atomic E-state index is 0.205. The number of aromatic nitrogens is 3. The van der Waals surface area contributed by atoms with Crippen LogP contribution >= 0.6 is 0 Å². The highest BCUT2D eigenvalue weighted by atomic mass is 16.1. The van der Waals surface area contributed by atoms with Crippen LogP contribution in [0.25, 0.3) is 16.9 Å². The summed E-state index contributed by atoms with van der Waals surface area (Å²) in [5.74, 6) is -0.205. The van der Waals surface area contributed by atoms with E-state index in [1.54, 1.807) is 25.6 Å². The minimum atomic E-state index is -0.205. The number of fused-ring (bicyclic) bond motifs is 1. The number of rotatable bonds is 2. The quantitative estimate of drug-likeness (QED) is 0.772. The number of amides is 1. The zero-order chi connectivity index (χ0) is 14.1. The summed E-state index contributed by atoms with van der Waals surface area (Å²) in [5, 5.41) is 2.57. The molecule has 1 aromatic carbocycles. The van der Waals surface area contributed by atoms with E-state index in [9.17, 15) is 4.79 Å². The van der Waals surface area contributed by atoms with Crippen LogP contribution in [0.5, 0.6) is 0 Å². The van der Waals surface area contributed by atoms with Crippen LogP contribution in [0.2, 0.25) is 0 Å². The van der Waals surface area contributed by atoms with Gasteiger partial charge in [-0.25, -0.2) is 4.98 Å². The lowest BCUT2D eigenvalue weighted by atomic mass is 10.1. The van der Waals surface area contributed by atoms with Crippen LogP contribution < -0.4 is 5.32 Å². The lowest BCUT2D eigenvalue weighted by Gasteiger charge is -2.02. The third kappa shape index (κ3) is 2.03. The Hall–Kier alpha value is -2.69. The molecule has 3 rings (SSSR count). The molecule has 1 N–H and O–H groups in total. The summed E-state index contributed by atoms with van der Waals surface area (Å²) in [4.78, 5) is 20.4. The number of carbonyl (C=O) groups is 1. The van der Waals surface area contributed by atoms with Gasteiger partial charge >= 0.3 is 0 Å². The molecule has 0 spiro atoms. The highest BCUT2D eigenvalue weighted by molar-refractivity contribution is 5.93. The van der Waals surface area contributed by atoms with Crippen molar-refractivity contribution in [3.8, 4) is 11.3 Å². The van der Waals surface area contributed by atoms with Crippen LogP contribution in [0.15, 0.2) is 42.9 Å². The van der Waals surface area contributed by atoms with Crippen molar-refractivity contribution in [2.75, 3.05) is 7.05 Å². The third-order valence-electron chi connectivity index (χ3n) is 3.16. The molecule has 2 aromatic heterocycles. The van der Waals surface area contributed by atoms with Gasteiger partial charge in [0, 0.05) is 31.2 Å². The fourth-order valence-corrected chi connectivity index (χ4v) is 2.07. The first-order valence-electron chi connectivity index (χ1n) is 6.32. The van der Waals surface area contributed by atoms with Gasteiger partial charge in [-0.3, -0.25) is 9.78 Å². The van der Waals surface area contributed by atoms with E-state index in [0.29, 0.717) is 11.3 Å². The molecule has 0 radical (unpaired) electrons. The summed E-state index contributed by atoms with van der Waals surface area (Å²) in [6, 6.07) is 8.07. The number of benzene rings is 1.